The molecule has 0 saturated carbocycles. The lowest BCUT2D eigenvalue weighted by Gasteiger charge is -2.12. The van der Waals surface area contributed by atoms with Crippen molar-refractivity contribution in [1.82, 2.24) is 9.47 Å². The van der Waals surface area contributed by atoms with E-state index in [0.717, 1.165) is 64.5 Å². The highest BCUT2D eigenvalue weighted by Crippen LogP contribution is 2.34. The number of imide groups is 1. The number of aryl methyl sites for hydroxylation is 2. The van der Waals surface area contributed by atoms with Gasteiger partial charge in [0.1, 0.15) is 17.2 Å². The summed E-state index contributed by atoms with van der Waals surface area (Å²) in [5.41, 5.74) is 5.13. The number of amides is 2. The fourth-order valence-corrected chi connectivity index (χ4v) is 5.55. The van der Waals surface area contributed by atoms with Crippen molar-refractivity contribution in [2.45, 2.75) is 26.7 Å². The smallest absolute Gasteiger partial charge is 0.293 e. The van der Waals surface area contributed by atoms with Gasteiger partial charge in [-0.05, 0) is 110 Å². The number of ether oxygens (including phenoxy) is 2. The number of rotatable bonds is 9. The maximum absolute atomic E-state index is 13.0. The third kappa shape index (κ3) is 5.94. The zero-order valence-corrected chi connectivity index (χ0v) is 23.0. The molecule has 0 radical (unpaired) electrons. The molecule has 1 fully saturated rings. The highest BCUT2D eigenvalue weighted by Gasteiger charge is 2.34. The minimum absolute atomic E-state index is 0.208. The van der Waals surface area contributed by atoms with Gasteiger partial charge < -0.3 is 14.0 Å². The Morgan fingerprint density at radius 2 is 1.49 bits per heavy atom. The summed E-state index contributed by atoms with van der Waals surface area (Å²) in [4.78, 5) is 27.5. The van der Waals surface area contributed by atoms with E-state index < -0.39 is 0 Å². The monoisotopic (exact) mass is 538 g/mol. The average Bonchev–Trinajstić information content (AvgIpc) is 3.38. The maximum Gasteiger partial charge on any atom is 0.293 e. The van der Waals surface area contributed by atoms with Crippen LogP contribution in [0.2, 0.25) is 0 Å². The van der Waals surface area contributed by atoms with E-state index >= 15 is 0 Å². The number of nitrogens with zero attached hydrogens (tertiary/aromatic N) is 2. The number of aromatic nitrogens is 1. The van der Waals surface area contributed by atoms with Gasteiger partial charge >= 0.3 is 0 Å². The van der Waals surface area contributed by atoms with Crippen molar-refractivity contribution in [2.24, 2.45) is 0 Å². The van der Waals surface area contributed by atoms with Crippen LogP contribution in [0.1, 0.15) is 28.9 Å². The van der Waals surface area contributed by atoms with E-state index in [4.69, 9.17) is 9.47 Å². The fraction of sp³-hybridized carbons (Fsp3) is 0.188. The van der Waals surface area contributed by atoms with Gasteiger partial charge in [-0.15, -0.1) is 0 Å². The summed E-state index contributed by atoms with van der Waals surface area (Å²) in [5.74, 6) is 2.02. The molecule has 1 aromatic heterocycles. The summed E-state index contributed by atoms with van der Waals surface area (Å²) in [5, 5.41) is -0.208. The predicted octanol–water partition coefficient (Wildman–Crippen LogP) is 7.56. The number of carbonyl (C=O) groups excluding carboxylic acids is 2. The molecule has 198 valence electrons. The van der Waals surface area contributed by atoms with Crippen molar-refractivity contribution in [3.63, 3.8) is 0 Å². The van der Waals surface area contributed by atoms with Gasteiger partial charge in [-0.3, -0.25) is 14.5 Å². The highest BCUT2D eigenvalue weighted by atomic mass is 32.2. The van der Waals surface area contributed by atoms with Gasteiger partial charge in [0.2, 0.25) is 0 Å². The number of hydrogen-bond donors (Lipinski definition) is 0. The fourth-order valence-electron chi connectivity index (χ4n) is 4.69. The topological polar surface area (TPSA) is 60.8 Å². The molecule has 7 heteroatoms. The van der Waals surface area contributed by atoms with Gasteiger partial charge in [0, 0.05) is 23.6 Å². The molecule has 0 atom stereocenters. The molecule has 1 aliphatic rings. The van der Waals surface area contributed by atoms with Crippen LogP contribution < -0.4 is 9.47 Å². The highest BCUT2D eigenvalue weighted by molar-refractivity contribution is 8.18. The average molecular weight is 539 g/mol. The van der Waals surface area contributed by atoms with E-state index in [1.807, 2.05) is 92.7 Å². The Kier molecular flexibility index (Phi) is 7.89. The van der Waals surface area contributed by atoms with E-state index in [1.54, 1.807) is 7.11 Å². The van der Waals surface area contributed by atoms with Crippen LogP contribution in [0.3, 0.4) is 0 Å². The summed E-state index contributed by atoms with van der Waals surface area (Å²) in [6, 6.07) is 27.5. The summed E-state index contributed by atoms with van der Waals surface area (Å²) in [6.07, 6.45) is 3.40. The Hall–Kier alpha value is -4.23. The SMILES string of the molecule is COc1ccc(Oc2ccc(-n3c(C)cc(/C=C4\SC(=O)N(CCCc5ccccc5)C4=O)c3C)cc2)cc1. The number of carbonyl (C=O) groups is 2. The molecule has 0 unspecified atom stereocenters. The molecule has 1 saturated heterocycles. The first-order valence-corrected chi connectivity index (χ1v) is 13.6. The molecule has 4 aromatic rings. The lowest BCUT2D eigenvalue weighted by atomic mass is 10.1. The number of benzene rings is 3. The summed E-state index contributed by atoms with van der Waals surface area (Å²) in [7, 11) is 1.63. The first kappa shape index (κ1) is 26.4. The van der Waals surface area contributed by atoms with Gasteiger partial charge in [-0.1, -0.05) is 30.3 Å². The van der Waals surface area contributed by atoms with Crippen LogP contribution >= 0.6 is 11.8 Å². The Bertz CT molecular complexity index is 1510. The quantitative estimate of drug-likeness (QED) is 0.206. The first-order chi connectivity index (χ1) is 18.9. The second-order valence-electron chi connectivity index (χ2n) is 9.36. The van der Waals surface area contributed by atoms with Crippen LogP contribution in [-0.4, -0.2) is 34.3 Å². The molecule has 2 heterocycles. The van der Waals surface area contributed by atoms with Crippen molar-refractivity contribution in [3.8, 4) is 22.9 Å². The molecule has 2 amide bonds. The zero-order chi connectivity index (χ0) is 27.4. The predicted molar refractivity (Wildman–Crippen MR) is 156 cm³/mol. The molecule has 1 aliphatic heterocycles. The van der Waals surface area contributed by atoms with Crippen molar-refractivity contribution < 1.29 is 19.1 Å². The van der Waals surface area contributed by atoms with Crippen LogP contribution in [0.5, 0.6) is 17.2 Å². The molecule has 39 heavy (non-hydrogen) atoms. The van der Waals surface area contributed by atoms with E-state index in [-0.39, 0.29) is 11.1 Å². The van der Waals surface area contributed by atoms with E-state index in [2.05, 4.69) is 16.7 Å². The number of hydrogen-bond acceptors (Lipinski definition) is 5. The van der Waals surface area contributed by atoms with Gasteiger partial charge in [0.15, 0.2) is 0 Å². The van der Waals surface area contributed by atoms with Crippen molar-refractivity contribution in [2.75, 3.05) is 13.7 Å². The summed E-state index contributed by atoms with van der Waals surface area (Å²) < 4.78 is 13.3. The van der Waals surface area contributed by atoms with E-state index in [9.17, 15) is 9.59 Å². The Labute approximate surface area is 232 Å². The zero-order valence-electron chi connectivity index (χ0n) is 22.2. The largest absolute Gasteiger partial charge is 0.497 e. The second kappa shape index (κ2) is 11.7. The molecular formula is C32H30N2O4S. The van der Waals surface area contributed by atoms with Crippen LogP contribution in [0.25, 0.3) is 11.8 Å². The van der Waals surface area contributed by atoms with Crippen molar-refractivity contribution in [3.05, 3.63) is 112 Å². The molecule has 0 N–H and O–H groups in total. The van der Waals surface area contributed by atoms with Crippen LogP contribution in [0.4, 0.5) is 4.79 Å². The second-order valence-corrected chi connectivity index (χ2v) is 10.3. The Balaban J connectivity index is 1.27. The van der Waals surface area contributed by atoms with Crippen molar-refractivity contribution >= 4 is 29.0 Å². The minimum atomic E-state index is -0.220. The van der Waals surface area contributed by atoms with Gasteiger partial charge in [0.25, 0.3) is 11.1 Å². The van der Waals surface area contributed by atoms with Crippen molar-refractivity contribution in [1.29, 1.82) is 0 Å². The lowest BCUT2D eigenvalue weighted by Crippen LogP contribution is -2.29. The molecule has 5 rings (SSSR count). The molecule has 0 bridgehead atoms. The van der Waals surface area contributed by atoms with E-state index in [0.29, 0.717) is 11.4 Å². The third-order valence-corrected chi connectivity index (χ3v) is 7.62. The number of thioether (sulfide) groups is 1. The Morgan fingerprint density at radius 3 is 2.15 bits per heavy atom. The van der Waals surface area contributed by atoms with Crippen LogP contribution in [0.15, 0.2) is 89.8 Å². The van der Waals surface area contributed by atoms with Gasteiger partial charge in [-0.25, -0.2) is 0 Å². The molecular weight excluding hydrogens is 508 g/mol. The molecule has 0 aliphatic carbocycles. The molecule has 6 nitrogen and oxygen atoms in total. The van der Waals surface area contributed by atoms with E-state index in [1.165, 1.54) is 10.5 Å². The minimum Gasteiger partial charge on any atom is -0.497 e. The maximum atomic E-state index is 13.0. The normalized spacial score (nSPS) is 14.3. The summed E-state index contributed by atoms with van der Waals surface area (Å²) >= 11 is 1.01. The van der Waals surface area contributed by atoms with Crippen LogP contribution in [-0.2, 0) is 11.2 Å². The lowest BCUT2D eigenvalue weighted by molar-refractivity contribution is -0.122. The number of methoxy groups -OCH3 is 1. The molecule has 3 aromatic carbocycles. The van der Waals surface area contributed by atoms with Crippen LogP contribution in [0, 0.1) is 13.8 Å². The Morgan fingerprint density at radius 1 is 0.846 bits per heavy atom. The third-order valence-electron chi connectivity index (χ3n) is 6.71. The van der Waals surface area contributed by atoms with Gasteiger partial charge in [0.05, 0.1) is 12.0 Å². The summed E-state index contributed by atoms with van der Waals surface area (Å²) in [6.45, 7) is 4.47. The van der Waals surface area contributed by atoms with Gasteiger partial charge in [-0.2, -0.15) is 0 Å². The first-order valence-electron chi connectivity index (χ1n) is 12.8. The molecule has 0 spiro atoms. The standard InChI is InChI=1S/C32H30N2O4S/c1-22-20-25(21-30-31(35)33(32(36)39-30)19-7-10-24-8-5-4-6-9-24)23(2)34(22)26-11-13-28(14-12-26)38-29-17-15-27(37-3)16-18-29/h4-6,8-9,11-18,20-21H,7,10,19H2,1-3H3/b30-21-.